The van der Waals surface area contributed by atoms with E-state index < -0.39 is 0 Å². The molecule has 1 aliphatic rings. The maximum Gasteiger partial charge on any atom is 0.199 e. The van der Waals surface area contributed by atoms with E-state index in [9.17, 15) is 0 Å². The molecule has 1 saturated heterocycles. The van der Waals surface area contributed by atoms with Gasteiger partial charge in [0.25, 0.3) is 0 Å². The quantitative estimate of drug-likeness (QED) is 0.670. The Morgan fingerprint density at radius 1 is 1.21 bits per heavy atom. The molecule has 0 N–H and O–H groups in total. The molecule has 0 saturated carbocycles. The fourth-order valence-electron chi connectivity index (χ4n) is 3.05. The molecule has 0 spiro atoms. The average Bonchev–Trinajstić information content (AvgIpc) is 3.11. The summed E-state index contributed by atoms with van der Waals surface area (Å²) in [7, 11) is 0. The van der Waals surface area contributed by atoms with Gasteiger partial charge in [0.1, 0.15) is 0 Å². The van der Waals surface area contributed by atoms with Crippen molar-refractivity contribution in [2.24, 2.45) is 5.92 Å². The lowest BCUT2D eigenvalue weighted by molar-refractivity contribution is 0.252. The Labute approximate surface area is 158 Å². The minimum Gasteiger partial charge on any atom is -0.300 e. The highest BCUT2D eigenvalue weighted by atomic mass is 35.5. The van der Waals surface area contributed by atoms with Gasteiger partial charge in [-0.15, -0.1) is 0 Å². The highest BCUT2D eigenvalue weighted by molar-refractivity contribution is 7.71. The summed E-state index contributed by atoms with van der Waals surface area (Å²) in [5.74, 6) is 1.28. The molecule has 0 unspecified atom stereocenters. The van der Waals surface area contributed by atoms with Gasteiger partial charge >= 0.3 is 0 Å². The summed E-state index contributed by atoms with van der Waals surface area (Å²) >= 11 is 18.1. The highest BCUT2D eigenvalue weighted by Crippen LogP contribution is 2.30. The second-order valence-electron chi connectivity index (χ2n) is 6.70. The second-order valence-corrected chi connectivity index (χ2v) is 7.91. The van der Waals surface area contributed by atoms with Gasteiger partial charge in [0, 0.05) is 17.1 Å². The van der Waals surface area contributed by atoms with Gasteiger partial charge in [-0.3, -0.25) is 9.47 Å². The third-order valence-electron chi connectivity index (χ3n) is 4.18. The predicted octanol–water partition coefficient (Wildman–Crippen LogP) is 5.10. The first-order valence-electron chi connectivity index (χ1n) is 8.31. The van der Waals surface area contributed by atoms with E-state index in [-0.39, 0.29) is 0 Å². The highest BCUT2D eigenvalue weighted by Gasteiger charge is 2.19. The van der Waals surface area contributed by atoms with Crippen LogP contribution in [0.5, 0.6) is 0 Å². The van der Waals surface area contributed by atoms with Crippen LogP contribution in [0.25, 0.3) is 11.4 Å². The standard InChI is InChI=1S/C17H22Cl2N4S/c1-12(2)10-22-16(14-6-5-13(18)9-15(14)19)20-23(17(22)24)11-21-7-3-4-8-21/h5-6,9,12H,3-4,7-8,10-11H2,1-2H3. The van der Waals surface area contributed by atoms with Gasteiger partial charge < -0.3 is 0 Å². The van der Waals surface area contributed by atoms with Gasteiger partial charge in [-0.05, 0) is 62.3 Å². The summed E-state index contributed by atoms with van der Waals surface area (Å²) in [5.41, 5.74) is 0.869. The first-order valence-corrected chi connectivity index (χ1v) is 9.47. The van der Waals surface area contributed by atoms with Crippen molar-refractivity contribution in [3.8, 4) is 11.4 Å². The van der Waals surface area contributed by atoms with E-state index in [1.807, 2.05) is 16.8 Å². The molecule has 1 aromatic carbocycles. The van der Waals surface area contributed by atoms with Crippen LogP contribution in [0.3, 0.4) is 0 Å². The lowest BCUT2D eigenvalue weighted by Crippen LogP contribution is -2.23. The van der Waals surface area contributed by atoms with Crippen LogP contribution >= 0.6 is 35.4 Å². The average molecular weight is 385 g/mol. The van der Waals surface area contributed by atoms with Crippen molar-refractivity contribution in [3.05, 3.63) is 33.0 Å². The lowest BCUT2D eigenvalue weighted by atomic mass is 10.2. The Kier molecular flexibility index (Phi) is 5.65. The maximum absolute atomic E-state index is 6.41. The van der Waals surface area contributed by atoms with Gasteiger partial charge in [-0.25, -0.2) is 4.68 Å². The van der Waals surface area contributed by atoms with Gasteiger partial charge in [0.05, 0.1) is 11.7 Å². The summed E-state index contributed by atoms with van der Waals surface area (Å²) < 4.78 is 4.76. The Balaban J connectivity index is 2.04. The van der Waals surface area contributed by atoms with Crippen molar-refractivity contribution in [2.45, 2.75) is 39.9 Å². The lowest BCUT2D eigenvalue weighted by Gasteiger charge is -2.13. The molecule has 4 nitrogen and oxygen atoms in total. The number of hydrogen-bond donors (Lipinski definition) is 0. The third kappa shape index (κ3) is 3.85. The largest absolute Gasteiger partial charge is 0.300 e. The summed E-state index contributed by atoms with van der Waals surface area (Å²) in [6, 6.07) is 5.50. The van der Waals surface area contributed by atoms with Gasteiger partial charge in [-0.1, -0.05) is 37.0 Å². The number of hydrogen-bond acceptors (Lipinski definition) is 3. The first-order chi connectivity index (χ1) is 11.5. The molecule has 0 amide bonds. The van der Waals surface area contributed by atoms with E-state index in [4.69, 9.17) is 40.5 Å². The Bertz CT molecular complexity index is 775. The van der Waals surface area contributed by atoms with Gasteiger partial charge in [0.15, 0.2) is 10.6 Å². The van der Waals surface area contributed by atoms with E-state index in [1.165, 1.54) is 12.8 Å². The summed E-state index contributed by atoms with van der Waals surface area (Å²) in [5, 5.41) is 6.01. The smallest absolute Gasteiger partial charge is 0.199 e. The molecule has 130 valence electrons. The van der Waals surface area contributed by atoms with Gasteiger partial charge in [0.2, 0.25) is 0 Å². The molecule has 3 rings (SSSR count). The minimum atomic E-state index is 0.464. The molecule has 1 aromatic heterocycles. The second kappa shape index (κ2) is 7.56. The predicted molar refractivity (Wildman–Crippen MR) is 102 cm³/mol. The molecule has 0 atom stereocenters. The molecule has 0 bridgehead atoms. The van der Waals surface area contributed by atoms with E-state index in [1.54, 1.807) is 6.07 Å². The van der Waals surface area contributed by atoms with Crippen LogP contribution in [0.2, 0.25) is 10.0 Å². The van der Waals surface area contributed by atoms with Crippen molar-refractivity contribution in [3.63, 3.8) is 0 Å². The van der Waals surface area contributed by atoms with E-state index in [0.717, 1.165) is 42.5 Å². The zero-order valence-electron chi connectivity index (χ0n) is 14.0. The van der Waals surface area contributed by atoms with Crippen LogP contribution in [0.15, 0.2) is 18.2 Å². The number of likely N-dealkylation sites (tertiary alicyclic amines) is 1. The first kappa shape index (κ1) is 17.9. The molecule has 0 radical (unpaired) electrons. The number of aromatic nitrogens is 3. The molecule has 2 aromatic rings. The van der Waals surface area contributed by atoms with Crippen LogP contribution in [0.1, 0.15) is 26.7 Å². The molecule has 2 heterocycles. The number of rotatable bonds is 5. The normalized spacial score (nSPS) is 15.5. The van der Waals surface area contributed by atoms with Crippen LogP contribution in [-0.2, 0) is 13.2 Å². The van der Waals surface area contributed by atoms with Crippen LogP contribution in [-0.4, -0.2) is 32.3 Å². The molecule has 24 heavy (non-hydrogen) atoms. The minimum absolute atomic E-state index is 0.464. The number of nitrogens with zero attached hydrogens (tertiary/aromatic N) is 4. The molecular formula is C17H22Cl2N4S. The van der Waals surface area contributed by atoms with Crippen molar-refractivity contribution >= 4 is 35.4 Å². The maximum atomic E-state index is 6.41. The fourth-order valence-corrected chi connectivity index (χ4v) is 3.80. The Morgan fingerprint density at radius 2 is 1.92 bits per heavy atom. The molecule has 7 heteroatoms. The Morgan fingerprint density at radius 3 is 2.54 bits per heavy atom. The monoisotopic (exact) mass is 384 g/mol. The van der Waals surface area contributed by atoms with Crippen molar-refractivity contribution in [1.29, 1.82) is 0 Å². The summed E-state index contributed by atoms with van der Waals surface area (Å²) in [4.78, 5) is 2.38. The van der Waals surface area contributed by atoms with Gasteiger partial charge in [-0.2, -0.15) is 5.10 Å². The summed E-state index contributed by atoms with van der Waals surface area (Å²) in [6.07, 6.45) is 2.49. The summed E-state index contributed by atoms with van der Waals surface area (Å²) in [6.45, 7) is 8.11. The number of benzene rings is 1. The van der Waals surface area contributed by atoms with Crippen molar-refractivity contribution in [1.82, 2.24) is 19.2 Å². The van der Waals surface area contributed by atoms with E-state index in [0.29, 0.717) is 16.0 Å². The third-order valence-corrected chi connectivity index (χ3v) is 5.15. The molecule has 0 aliphatic carbocycles. The fraction of sp³-hybridized carbons (Fsp3) is 0.529. The van der Waals surface area contributed by atoms with E-state index in [2.05, 4.69) is 23.3 Å². The molecule has 1 fully saturated rings. The topological polar surface area (TPSA) is 26.0 Å². The molecular weight excluding hydrogens is 363 g/mol. The van der Waals surface area contributed by atoms with Crippen LogP contribution in [0.4, 0.5) is 0 Å². The zero-order chi connectivity index (χ0) is 17.3. The van der Waals surface area contributed by atoms with E-state index >= 15 is 0 Å². The van der Waals surface area contributed by atoms with Crippen molar-refractivity contribution in [2.75, 3.05) is 13.1 Å². The van der Waals surface area contributed by atoms with Crippen molar-refractivity contribution < 1.29 is 0 Å². The zero-order valence-corrected chi connectivity index (χ0v) is 16.3. The number of halogens is 2. The Hall–Kier alpha value is -0.880. The van der Waals surface area contributed by atoms with Crippen LogP contribution < -0.4 is 0 Å². The molecule has 1 aliphatic heterocycles. The van der Waals surface area contributed by atoms with Crippen LogP contribution in [0, 0.1) is 10.7 Å². The SMILES string of the molecule is CC(C)Cn1c(-c2ccc(Cl)cc2Cl)nn(CN2CCCC2)c1=S.